The number of carbonyl (C=O) groups excluding carboxylic acids is 1. The van der Waals surface area contributed by atoms with E-state index in [1.54, 1.807) is 0 Å². The Morgan fingerprint density at radius 1 is 1.13 bits per heavy atom. The van der Waals surface area contributed by atoms with Crippen molar-refractivity contribution in [3.8, 4) is 11.4 Å². The Bertz CT molecular complexity index is 1050. The molecule has 1 N–H and O–H groups in total. The van der Waals surface area contributed by atoms with Crippen LogP contribution in [0.15, 0.2) is 67.0 Å². The Morgan fingerprint density at radius 3 is 2.58 bits per heavy atom. The molecule has 0 unspecified atom stereocenters. The van der Waals surface area contributed by atoms with E-state index < -0.39 is 0 Å². The molecule has 4 rings (SSSR count). The molecule has 6 heteroatoms. The Kier molecular flexibility index (Phi) is 6.48. The number of carbonyl (C=O) groups is 1. The SMILES string of the molecule is CCOc1ccc(NC(=O)CN2CC=C(c3cnn(-c4ccc(C)cc4)c3)CC2)cc1. The van der Waals surface area contributed by atoms with E-state index in [-0.39, 0.29) is 5.91 Å². The van der Waals surface area contributed by atoms with E-state index in [1.807, 2.05) is 42.1 Å². The summed E-state index contributed by atoms with van der Waals surface area (Å²) < 4.78 is 7.34. The molecule has 0 fully saturated rings. The van der Waals surface area contributed by atoms with Gasteiger partial charge in [0.1, 0.15) is 5.75 Å². The number of aryl methyl sites for hydroxylation is 1. The second-order valence-electron chi connectivity index (χ2n) is 7.73. The van der Waals surface area contributed by atoms with Gasteiger partial charge in [0.2, 0.25) is 5.91 Å². The Morgan fingerprint density at radius 2 is 1.90 bits per heavy atom. The topological polar surface area (TPSA) is 59.4 Å². The van der Waals surface area contributed by atoms with Crippen LogP contribution < -0.4 is 10.1 Å². The summed E-state index contributed by atoms with van der Waals surface area (Å²) in [6, 6.07) is 15.8. The standard InChI is InChI=1S/C25H28N4O2/c1-3-31-24-10-6-22(7-11-24)27-25(30)18-28-14-12-20(13-15-28)21-16-26-29(17-21)23-8-4-19(2)5-9-23/h4-12,16-17H,3,13-15,18H2,1-2H3,(H,27,30). The van der Waals surface area contributed by atoms with Crippen LogP contribution in [0, 0.1) is 6.92 Å². The minimum Gasteiger partial charge on any atom is -0.494 e. The maximum absolute atomic E-state index is 12.4. The lowest BCUT2D eigenvalue weighted by molar-refractivity contribution is -0.117. The van der Waals surface area contributed by atoms with E-state index in [4.69, 9.17) is 4.74 Å². The first-order chi connectivity index (χ1) is 15.1. The summed E-state index contributed by atoms with van der Waals surface area (Å²) in [6.07, 6.45) is 7.09. The summed E-state index contributed by atoms with van der Waals surface area (Å²) in [5, 5.41) is 7.47. The molecule has 0 saturated heterocycles. The fourth-order valence-electron chi connectivity index (χ4n) is 3.65. The molecule has 31 heavy (non-hydrogen) atoms. The molecule has 3 aromatic rings. The number of anilines is 1. The highest BCUT2D eigenvalue weighted by molar-refractivity contribution is 5.92. The van der Waals surface area contributed by atoms with Gasteiger partial charge in [0.15, 0.2) is 0 Å². The number of amides is 1. The lowest BCUT2D eigenvalue weighted by Crippen LogP contribution is -2.36. The van der Waals surface area contributed by atoms with E-state index in [1.165, 1.54) is 11.1 Å². The molecule has 2 aromatic carbocycles. The third-order valence-corrected chi connectivity index (χ3v) is 5.36. The number of benzene rings is 2. The highest BCUT2D eigenvalue weighted by Crippen LogP contribution is 2.23. The van der Waals surface area contributed by atoms with Crippen LogP contribution in [0.4, 0.5) is 5.69 Å². The van der Waals surface area contributed by atoms with Crippen LogP contribution in [-0.2, 0) is 4.79 Å². The van der Waals surface area contributed by atoms with Crippen molar-refractivity contribution >= 4 is 17.2 Å². The van der Waals surface area contributed by atoms with Crippen molar-refractivity contribution in [2.75, 3.05) is 31.6 Å². The summed E-state index contributed by atoms with van der Waals surface area (Å²) in [7, 11) is 0. The van der Waals surface area contributed by atoms with Gasteiger partial charge < -0.3 is 10.1 Å². The zero-order valence-corrected chi connectivity index (χ0v) is 18.0. The smallest absolute Gasteiger partial charge is 0.238 e. The zero-order chi connectivity index (χ0) is 21.6. The van der Waals surface area contributed by atoms with E-state index >= 15 is 0 Å². The predicted molar refractivity (Wildman–Crippen MR) is 124 cm³/mol. The number of hydrogen-bond acceptors (Lipinski definition) is 4. The van der Waals surface area contributed by atoms with E-state index in [0.29, 0.717) is 13.2 Å². The fraction of sp³-hybridized carbons (Fsp3) is 0.280. The number of nitrogens with zero attached hydrogens (tertiary/aromatic N) is 3. The molecular formula is C25H28N4O2. The lowest BCUT2D eigenvalue weighted by Gasteiger charge is -2.25. The van der Waals surface area contributed by atoms with Crippen molar-refractivity contribution in [2.24, 2.45) is 0 Å². The molecule has 1 aliphatic heterocycles. The van der Waals surface area contributed by atoms with Gasteiger partial charge in [-0.3, -0.25) is 9.69 Å². The number of ether oxygens (including phenoxy) is 1. The molecule has 1 aliphatic rings. The molecule has 2 heterocycles. The van der Waals surface area contributed by atoms with Crippen LogP contribution in [0.1, 0.15) is 24.5 Å². The largest absolute Gasteiger partial charge is 0.494 e. The fourth-order valence-corrected chi connectivity index (χ4v) is 3.65. The van der Waals surface area contributed by atoms with Crippen LogP contribution >= 0.6 is 0 Å². The lowest BCUT2D eigenvalue weighted by atomic mass is 10.0. The molecule has 1 amide bonds. The Hall–Kier alpha value is -3.38. The first-order valence-electron chi connectivity index (χ1n) is 10.7. The van der Waals surface area contributed by atoms with Crippen LogP contribution in [0.25, 0.3) is 11.3 Å². The van der Waals surface area contributed by atoms with Crippen LogP contribution in [0.3, 0.4) is 0 Å². The minimum atomic E-state index is -0.00630. The van der Waals surface area contributed by atoms with Crippen molar-refractivity contribution in [1.29, 1.82) is 0 Å². The van der Waals surface area contributed by atoms with Gasteiger partial charge >= 0.3 is 0 Å². The van der Waals surface area contributed by atoms with Gasteiger partial charge in [-0.1, -0.05) is 23.8 Å². The van der Waals surface area contributed by atoms with E-state index in [2.05, 4.69) is 58.8 Å². The molecule has 0 aliphatic carbocycles. The quantitative estimate of drug-likeness (QED) is 0.624. The Balaban J connectivity index is 1.31. The highest BCUT2D eigenvalue weighted by atomic mass is 16.5. The molecule has 0 saturated carbocycles. The summed E-state index contributed by atoms with van der Waals surface area (Å²) in [5.74, 6) is 0.799. The summed E-state index contributed by atoms with van der Waals surface area (Å²) >= 11 is 0. The van der Waals surface area contributed by atoms with Gasteiger partial charge in [-0.05, 0) is 62.2 Å². The molecule has 160 valence electrons. The third-order valence-electron chi connectivity index (χ3n) is 5.36. The van der Waals surface area contributed by atoms with Gasteiger partial charge in [0, 0.05) is 30.5 Å². The van der Waals surface area contributed by atoms with Crippen molar-refractivity contribution in [1.82, 2.24) is 14.7 Å². The average molecular weight is 417 g/mol. The molecular weight excluding hydrogens is 388 g/mol. The van der Waals surface area contributed by atoms with Gasteiger partial charge in [-0.25, -0.2) is 4.68 Å². The molecule has 6 nitrogen and oxygen atoms in total. The predicted octanol–water partition coefficient (Wildman–Crippen LogP) is 4.31. The molecule has 0 atom stereocenters. The third kappa shape index (κ3) is 5.41. The van der Waals surface area contributed by atoms with Crippen LogP contribution in [0.2, 0.25) is 0 Å². The van der Waals surface area contributed by atoms with Crippen LogP contribution in [0.5, 0.6) is 5.75 Å². The van der Waals surface area contributed by atoms with Crippen molar-refractivity contribution in [2.45, 2.75) is 20.3 Å². The second kappa shape index (κ2) is 9.62. The van der Waals surface area contributed by atoms with Gasteiger partial charge in [-0.2, -0.15) is 5.10 Å². The number of rotatable bonds is 7. The van der Waals surface area contributed by atoms with Crippen LogP contribution in [-0.4, -0.2) is 46.8 Å². The number of aromatic nitrogens is 2. The maximum atomic E-state index is 12.4. The first kappa shape index (κ1) is 20.9. The minimum absolute atomic E-state index is 0.00630. The van der Waals surface area contributed by atoms with Crippen molar-refractivity contribution < 1.29 is 9.53 Å². The zero-order valence-electron chi connectivity index (χ0n) is 18.0. The number of hydrogen-bond donors (Lipinski definition) is 1. The summed E-state index contributed by atoms with van der Waals surface area (Å²) in [5.41, 5.74) is 5.49. The molecule has 0 bridgehead atoms. The Labute approximate surface area is 183 Å². The van der Waals surface area contributed by atoms with E-state index in [0.717, 1.165) is 42.2 Å². The van der Waals surface area contributed by atoms with Gasteiger partial charge in [-0.15, -0.1) is 0 Å². The molecule has 0 spiro atoms. The maximum Gasteiger partial charge on any atom is 0.238 e. The van der Waals surface area contributed by atoms with E-state index in [9.17, 15) is 4.79 Å². The van der Waals surface area contributed by atoms with Gasteiger partial charge in [0.25, 0.3) is 0 Å². The van der Waals surface area contributed by atoms with Crippen molar-refractivity contribution in [3.05, 3.63) is 78.1 Å². The molecule has 0 radical (unpaired) electrons. The van der Waals surface area contributed by atoms with Gasteiger partial charge in [0.05, 0.1) is 25.0 Å². The normalized spacial score (nSPS) is 14.2. The summed E-state index contributed by atoms with van der Waals surface area (Å²) in [4.78, 5) is 14.6. The first-order valence-corrected chi connectivity index (χ1v) is 10.7. The number of nitrogens with one attached hydrogen (secondary N) is 1. The highest BCUT2D eigenvalue weighted by Gasteiger charge is 2.17. The monoisotopic (exact) mass is 416 g/mol. The average Bonchev–Trinajstić information content (AvgIpc) is 3.26. The second-order valence-corrected chi connectivity index (χ2v) is 7.73. The van der Waals surface area contributed by atoms with Crippen molar-refractivity contribution in [3.63, 3.8) is 0 Å². The summed E-state index contributed by atoms with van der Waals surface area (Å²) in [6.45, 7) is 6.63. The molecule has 1 aromatic heterocycles.